The van der Waals surface area contributed by atoms with Crippen molar-refractivity contribution in [3.8, 4) is 5.75 Å². The van der Waals surface area contributed by atoms with E-state index < -0.39 is 6.09 Å². The van der Waals surface area contributed by atoms with Crippen molar-refractivity contribution in [2.45, 2.75) is 25.8 Å². The van der Waals surface area contributed by atoms with Crippen molar-refractivity contribution >= 4 is 22.9 Å². The molecule has 1 heterocycles. The number of hydrogen-bond donors (Lipinski definition) is 2. The molecule has 0 aliphatic heterocycles. The number of methoxy groups -OCH3 is 1. The third-order valence-corrected chi connectivity index (χ3v) is 4.46. The monoisotopic (exact) mass is 366 g/mol. The van der Waals surface area contributed by atoms with Gasteiger partial charge in [0.2, 0.25) is 5.91 Å². The largest absolute Gasteiger partial charge is 0.497 e. The highest BCUT2D eigenvalue weighted by Gasteiger charge is 2.15. The second-order valence-electron chi connectivity index (χ2n) is 6.52. The highest BCUT2D eigenvalue weighted by atomic mass is 16.5. The van der Waals surface area contributed by atoms with Gasteiger partial charge in [0.15, 0.2) is 0 Å². The molecule has 0 radical (unpaired) electrons. The Bertz CT molecular complexity index is 960. The molecule has 0 unspecified atom stereocenters. The molecule has 0 saturated carbocycles. The average molecular weight is 366 g/mol. The lowest BCUT2D eigenvalue weighted by atomic mass is 10.1. The fourth-order valence-electron chi connectivity index (χ4n) is 3.21. The molecule has 0 aliphatic carbocycles. The van der Waals surface area contributed by atoms with Gasteiger partial charge in [-0.2, -0.15) is 0 Å². The van der Waals surface area contributed by atoms with E-state index in [1.165, 1.54) is 4.57 Å². The Hall–Kier alpha value is -3.28. The van der Waals surface area contributed by atoms with Gasteiger partial charge >= 0.3 is 6.09 Å². The quantitative estimate of drug-likeness (QED) is 0.700. The maximum Gasteiger partial charge on any atom is 0.416 e. The van der Waals surface area contributed by atoms with E-state index in [9.17, 15) is 14.7 Å². The van der Waals surface area contributed by atoms with Gasteiger partial charge in [-0.3, -0.25) is 9.36 Å². The van der Waals surface area contributed by atoms with Gasteiger partial charge in [-0.1, -0.05) is 30.3 Å². The molecule has 0 saturated heterocycles. The average Bonchev–Trinajstić information content (AvgIpc) is 3.01. The molecule has 2 N–H and O–H groups in total. The zero-order valence-electron chi connectivity index (χ0n) is 15.3. The van der Waals surface area contributed by atoms with Crippen LogP contribution in [0.4, 0.5) is 4.79 Å². The Morgan fingerprint density at radius 2 is 1.85 bits per heavy atom. The number of rotatable bonds is 6. The first-order chi connectivity index (χ1) is 13.0. The van der Waals surface area contributed by atoms with Crippen molar-refractivity contribution in [1.29, 1.82) is 0 Å². The van der Waals surface area contributed by atoms with Gasteiger partial charge in [0.25, 0.3) is 0 Å². The van der Waals surface area contributed by atoms with Crippen molar-refractivity contribution in [3.63, 3.8) is 0 Å². The second-order valence-corrected chi connectivity index (χ2v) is 6.52. The summed E-state index contributed by atoms with van der Waals surface area (Å²) in [6.45, 7) is 1.92. The highest BCUT2D eigenvalue weighted by molar-refractivity contribution is 5.91. The third-order valence-electron chi connectivity index (χ3n) is 4.46. The molecular formula is C21H22N2O4. The minimum atomic E-state index is -1.02. The summed E-state index contributed by atoms with van der Waals surface area (Å²) in [6, 6.07) is 14.6. The van der Waals surface area contributed by atoms with Gasteiger partial charge in [-0.15, -0.1) is 0 Å². The molecule has 6 heteroatoms. The molecule has 1 aromatic heterocycles. The molecule has 1 amide bonds. The Labute approximate surface area is 157 Å². The van der Waals surface area contributed by atoms with Gasteiger partial charge in [0, 0.05) is 17.6 Å². The molecule has 0 spiro atoms. The van der Waals surface area contributed by atoms with Crippen LogP contribution >= 0.6 is 0 Å². The van der Waals surface area contributed by atoms with Crippen LogP contribution in [0, 0.1) is 0 Å². The number of fused-ring (bicyclic) bond motifs is 1. The van der Waals surface area contributed by atoms with Gasteiger partial charge in [-0.25, -0.2) is 4.79 Å². The van der Waals surface area contributed by atoms with Crippen LogP contribution in [0.3, 0.4) is 0 Å². The Kier molecular flexibility index (Phi) is 5.45. The highest BCUT2D eigenvalue weighted by Crippen LogP contribution is 2.22. The fraction of sp³-hybridized carbons (Fsp3) is 0.238. The smallest absolute Gasteiger partial charge is 0.416 e. The molecule has 140 valence electrons. The standard InChI is InChI=1S/C21H22N2O4/c1-14(22-20(24)12-15-7-9-17(27-2)10-8-15)11-16-13-23(21(25)26)19-6-4-3-5-18(16)19/h3-10,13-14H,11-12H2,1-2H3,(H,22,24)(H,25,26)/t14-/m1/s1. The number of ether oxygens (including phenoxy) is 1. The lowest BCUT2D eigenvalue weighted by Crippen LogP contribution is -2.35. The number of carboxylic acid groups (broad SMARTS) is 1. The lowest BCUT2D eigenvalue weighted by Gasteiger charge is -2.14. The minimum absolute atomic E-state index is 0.0744. The van der Waals surface area contributed by atoms with Crippen LogP contribution in [0.15, 0.2) is 54.7 Å². The summed E-state index contributed by atoms with van der Waals surface area (Å²) in [4.78, 5) is 23.7. The molecule has 0 aliphatic rings. The maximum atomic E-state index is 12.3. The van der Waals surface area contributed by atoms with Gasteiger partial charge in [-0.05, 0) is 42.7 Å². The first-order valence-electron chi connectivity index (χ1n) is 8.72. The normalized spacial score (nSPS) is 11.9. The van der Waals surface area contributed by atoms with Crippen LogP contribution in [0.1, 0.15) is 18.1 Å². The number of para-hydroxylation sites is 1. The zero-order valence-corrected chi connectivity index (χ0v) is 15.3. The number of nitrogens with zero attached hydrogens (tertiary/aromatic N) is 1. The van der Waals surface area contributed by atoms with Crippen molar-refractivity contribution < 1.29 is 19.4 Å². The van der Waals surface area contributed by atoms with Gasteiger partial charge in [0.05, 0.1) is 19.0 Å². The first-order valence-corrected chi connectivity index (χ1v) is 8.72. The summed E-state index contributed by atoms with van der Waals surface area (Å²) in [6.07, 6.45) is 1.44. The van der Waals surface area contributed by atoms with Crippen molar-refractivity contribution in [2.75, 3.05) is 7.11 Å². The van der Waals surface area contributed by atoms with Gasteiger partial charge < -0.3 is 15.2 Å². The van der Waals surface area contributed by atoms with Crippen LogP contribution in [-0.2, 0) is 17.6 Å². The van der Waals surface area contributed by atoms with E-state index in [0.29, 0.717) is 11.9 Å². The third kappa shape index (κ3) is 4.28. The lowest BCUT2D eigenvalue weighted by molar-refractivity contribution is -0.121. The summed E-state index contributed by atoms with van der Waals surface area (Å²) in [5, 5.41) is 13.2. The van der Waals surface area contributed by atoms with Crippen LogP contribution < -0.4 is 10.1 Å². The summed E-state index contributed by atoms with van der Waals surface area (Å²) >= 11 is 0. The molecule has 0 fully saturated rings. The van der Waals surface area contributed by atoms with E-state index in [2.05, 4.69) is 5.32 Å². The van der Waals surface area contributed by atoms with Crippen LogP contribution in [0.2, 0.25) is 0 Å². The van der Waals surface area contributed by atoms with E-state index in [1.807, 2.05) is 49.4 Å². The predicted octanol–water partition coefficient (Wildman–Crippen LogP) is 3.47. The Balaban J connectivity index is 1.66. The number of amides is 1. The number of benzene rings is 2. The molecule has 0 bridgehead atoms. The van der Waals surface area contributed by atoms with Crippen molar-refractivity contribution in [2.24, 2.45) is 0 Å². The van der Waals surface area contributed by atoms with Gasteiger partial charge in [0.1, 0.15) is 5.75 Å². The minimum Gasteiger partial charge on any atom is -0.497 e. The number of carbonyl (C=O) groups excluding carboxylic acids is 1. The topological polar surface area (TPSA) is 80.6 Å². The molecule has 6 nitrogen and oxygen atoms in total. The SMILES string of the molecule is COc1ccc(CC(=O)N[C@H](C)Cc2cn(C(=O)O)c3ccccc23)cc1. The Morgan fingerprint density at radius 1 is 1.15 bits per heavy atom. The number of hydrogen-bond acceptors (Lipinski definition) is 3. The molecule has 27 heavy (non-hydrogen) atoms. The van der Waals surface area contributed by atoms with Crippen molar-refractivity contribution in [1.82, 2.24) is 9.88 Å². The first kappa shape index (κ1) is 18.5. The van der Waals surface area contributed by atoms with Crippen LogP contribution in [0.25, 0.3) is 10.9 Å². The van der Waals surface area contributed by atoms with Crippen LogP contribution in [-0.4, -0.2) is 34.8 Å². The number of nitrogens with one attached hydrogen (secondary N) is 1. The van der Waals surface area contributed by atoms with E-state index in [0.717, 1.165) is 22.3 Å². The van der Waals surface area contributed by atoms with E-state index in [1.54, 1.807) is 19.4 Å². The van der Waals surface area contributed by atoms with Crippen LogP contribution in [0.5, 0.6) is 5.75 Å². The number of aromatic nitrogens is 1. The fourth-order valence-corrected chi connectivity index (χ4v) is 3.21. The molecule has 1 atom stereocenters. The van der Waals surface area contributed by atoms with E-state index in [4.69, 9.17) is 4.74 Å². The zero-order chi connectivity index (χ0) is 19.4. The van der Waals surface area contributed by atoms with Crippen molar-refractivity contribution in [3.05, 3.63) is 65.9 Å². The molecule has 2 aromatic carbocycles. The molecule has 3 aromatic rings. The predicted molar refractivity (Wildman–Crippen MR) is 103 cm³/mol. The second kappa shape index (κ2) is 7.95. The summed E-state index contributed by atoms with van der Waals surface area (Å²) in [5.41, 5.74) is 2.45. The summed E-state index contributed by atoms with van der Waals surface area (Å²) in [7, 11) is 1.60. The Morgan fingerprint density at radius 3 is 2.52 bits per heavy atom. The van der Waals surface area contributed by atoms with E-state index in [-0.39, 0.29) is 18.4 Å². The maximum absolute atomic E-state index is 12.3. The molecular weight excluding hydrogens is 344 g/mol. The summed E-state index contributed by atoms with van der Waals surface area (Å²) < 4.78 is 6.33. The number of carbonyl (C=O) groups is 2. The van der Waals surface area contributed by atoms with E-state index >= 15 is 0 Å². The summed E-state index contributed by atoms with van der Waals surface area (Å²) in [5.74, 6) is 0.678. The molecule has 3 rings (SSSR count).